The molecule has 0 unspecified atom stereocenters. The Balaban J connectivity index is 2.46. The molecule has 0 bridgehead atoms. The summed E-state index contributed by atoms with van der Waals surface area (Å²) in [6, 6.07) is 4.52. The van der Waals surface area contributed by atoms with E-state index in [4.69, 9.17) is 0 Å². The zero-order valence-corrected chi connectivity index (χ0v) is 12.3. The third-order valence-corrected chi connectivity index (χ3v) is 3.49. The molecule has 1 aromatic carbocycles. The molecule has 0 spiro atoms. The molecular weight excluding hydrogens is 299 g/mol. The minimum Gasteiger partial charge on any atom is -0.342 e. The second-order valence-corrected chi connectivity index (χ2v) is 4.76. The van der Waals surface area contributed by atoms with Gasteiger partial charge in [0.25, 0.3) is 0 Å². The maximum atomic E-state index is 13.0. The van der Waals surface area contributed by atoms with Crippen LogP contribution in [0.25, 0.3) is 0 Å². The smallest absolute Gasteiger partial charge is 0.236 e. The number of hydrogen-bond donors (Lipinski definition) is 1. The number of likely N-dealkylation sites (N-methyl/N-ethyl adjacent to an activating group) is 1. The van der Waals surface area contributed by atoms with Gasteiger partial charge in [-0.25, -0.2) is 4.39 Å². The predicted octanol–water partition coefficient (Wildman–Crippen LogP) is 2.55. The molecule has 1 rings (SSSR count). The van der Waals surface area contributed by atoms with Crippen molar-refractivity contribution in [2.24, 2.45) is 0 Å². The van der Waals surface area contributed by atoms with E-state index in [-0.39, 0.29) is 18.3 Å². The molecule has 3 nitrogen and oxygen atoms in total. The first-order chi connectivity index (χ1) is 8.58. The molecule has 0 radical (unpaired) electrons. The van der Waals surface area contributed by atoms with Crippen molar-refractivity contribution in [3.8, 4) is 0 Å². The first-order valence-electron chi connectivity index (χ1n) is 6.00. The van der Waals surface area contributed by atoms with Crippen molar-refractivity contribution in [2.45, 2.75) is 20.4 Å². The van der Waals surface area contributed by atoms with Gasteiger partial charge >= 0.3 is 0 Å². The lowest BCUT2D eigenvalue weighted by atomic mass is 10.2. The van der Waals surface area contributed by atoms with Crippen molar-refractivity contribution in [3.05, 3.63) is 34.1 Å². The lowest BCUT2D eigenvalue weighted by Gasteiger charge is -2.18. The highest BCUT2D eigenvalue weighted by molar-refractivity contribution is 9.10. The van der Waals surface area contributed by atoms with E-state index in [0.29, 0.717) is 19.6 Å². The number of nitrogens with zero attached hydrogens (tertiary/aromatic N) is 1. The summed E-state index contributed by atoms with van der Waals surface area (Å²) in [7, 11) is 0. The standard InChI is InChI=1S/C13H18BrFN2O/c1-3-17(4-2)13(18)9-16-8-10-7-11(15)5-6-12(10)14/h5-7,16H,3-4,8-9H2,1-2H3. The molecular formula is C13H18BrFN2O. The Hall–Kier alpha value is -0.940. The van der Waals surface area contributed by atoms with Crippen molar-refractivity contribution in [1.82, 2.24) is 10.2 Å². The highest BCUT2D eigenvalue weighted by Crippen LogP contribution is 2.17. The Bertz CT molecular complexity index is 408. The molecule has 1 amide bonds. The van der Waals surface area contributed by atoms with E-state index in [1.165, 1.54) is 12.1 Å². The second kappa shape index (κ2) is 7.48. The van der Waals surface area contributed by atoms with E-state index in [0.717, 1.165) is 10.0 Å². The molecule has 0 aliphatic rings. The molecule has 0 aromatic heterocycles. The van der Waals surface area contributed by atoms with Crippen LogP contribution in [0.4, 0.5) is 4.39 Å². The van der Waals surface area contributed by atoms with Crippen LogP contribution >= 0.6 is 15.9 Å². The molecule has 0 saturated heterocycles. The topological polar surface area (TPSA) is 32.3 Å². The van der Waals surface area contributed by atoms with E-state index in [1.54, 1.807) is 11.0 Å². The zero-order chi connectivity index (χ0) is 13.5. The van der Waals surface area contributed by atoms with Crippen LogP contribution in [0.3, 0.4) is 0 Å². The van der Waals surface area contributed by atoms with Crippen molar-refractivity contribution in [3.63, 3.8) is 0 Å². The second-order valence-electron chi connectivity index (χ2n) is 3.91. The molecule has 0 saturated carbocycles. The van der Waals surface area contributed by atoms with Crippen LogP contribution < -0.4 is 5.32 Å². The summed E-state index contributed by atoms with van der Waals surface area (Å²) in [6.45, 7) is 6.05. The number of rotatable bonds is 6. The molecule has 0 atom stereocenters. The van der Waals surface area contributed by atoms with Gasteiger partial charge < -0.3 is 10.2 Å². The van der Waals surface area contributed by atoms with Gasteiger partial charge in [0, 0.05) is 24.1 Å². The number of halogens is 2. The normalized spacial score (nSPS) is 10.4. The van der Waals surface area contributed by atoms with E-state index in [9.17, 15) is 9.18 Å². The summed E-state index contributed by atoms with van der Waals surface area (Å²) in [5.41, 5.74) is 0.808. The first kappa shape index (κ1) is 15.1. The van der Waals surface area contributed by atoms with Crippen LogP contribution in [-0.2, 0) is 11.3 Å². The van der Waals surface area contributed by atoms with Gasteiger partial charge in [0.1, 0.15) is 5.82 Å². The summed E-state index contributed by atoms with van der Waals surface area (Å²) in [5, 5.41) is 3.03. The van der Waals surface area contributed by atoms with Crippen molar-refractivity contribution < 1.29 is 9.18 Å². The van der Waals surface area contributed by atoms with Crippen molar-refractivity contribution in [1.29, 1.82) is 0 Å². The van der Waals surface area contributed by atoms with Gasteiger partial charge in [0.15, 0.2) is 0 Å². The number of hydrogen-bond acceptors (Lipinski definition) is 2. The first-order valence-corrected chi connectivity index (χ1v) is 6.80. The van der Waals surface area contributed by atoms with Gasteiger partial charge in [-0.15, -0.1) is 0 Å². The number of carbonyl (C=O) groups is 1. The fourth-order valence-corrected chi connectivity index (χ4v) is 2.06. The van der Waals surface area contributed by atoms with E-state index in [1.807, 2.05) is 13.8 Å². The Morgan fingerprint density at radius 3 is 2.67 bits per heavy atom. The van der Waals surface area contributed by atoms with Crippen LogP contribution in [0, 0.1) is 5.82 Å². The molecule has 18 heavy (non-hydrogen) atoms. The maximum Gasteiger partial charge on any atom is 0.236 e. The predicted molar refractivity (Wildman–Crippen MR) is 73.7 cm³/mol. The van der Waals surface area contributed by atoms with Crippen molar-refractivity contribution in [2.75, 3.05) is 19.6 Å². The number of benzene rings is 1. The Morgan fingerprint density at radius 2 is 2.06 bits per heavy atom. The zero-order valence-electron chi connectivity index (χ0n) is 10.7. The Kier molecular flexibility index (Phi) is 6.29. The van der Waals surface area contributed by atoms with Crippen LogP contribution in [0.1, 0.15) is 19.4 Å². The summed E-state index contributed by atoms with van der Waals surface area (Å²) in [4.78, 5) is 13.5. The highest BCUT2D eigenvalue weighted by Gasteiger charge is 2.09. The SMILES string of the molecule is CCN(CC)C(=O)CNCc1cc(F)ccc1Br. The number of amides is 1. The molecule has 1 N–H and O–H groups in total. The summed E-state index contributed by atoms with van der Waals surface area (Å²) < 4.78 is 13.9. The summed E-state index contributed by atoms with van der Waals surface area (Å²) >= 11 is 3.35. The van der Waals surface area contributed by atoms with Gasteiger partial charge in [-0.05, 0) is 37.6 Å². The monoisotopic (exact) mass is 316 g/mol. The third-order valence-electron chi connectivity index (χ3n) is 2.72. The quantitative estimate of drug-likeness (QED) is 0.874. The van der Waals surface area contributed by atoms with Crippen LogP contribution in [0.2, 0.25) is 0 Å². The maximum absolute atomic E-state index is 13.0. The highest BCUT2D eigenvalue weighted by atomic mass is 79.9. The average Bonchev–Trinajstić information content (AvgIpc) is 2.35. The minimum atomic E-state index is -0.273. The lowest BCUT2D eigenvalue weighted by molar-refractivity contribution is -0.129. The Labute approximate surface area is 115 Å². The van der Waals surface area contributed by atoms with Gasteiger partial charge in [0.05, 0.1) is 6.54 Å². The number of nitrogens with one attached hydrogen (secondary N) is 1. The molecule has 0 fully saturated rings. The minimum absolute atomic E-state index is 0.0625. The fourth-order valence-electron chi connectivity index (χ4n) is 1.67. The molecule has 0 aliphatic heterocycles. The average molecular weight is 317 g/mol. The Morgan fingerprint density at radius 1 is 1.39 bits per heavy atom. The largest absolute Gasteiger partial charge is 0.342 e. The van der Waals surface area contributed by atoms with Gasteiger partial charge in [-0.3, -0.25) is 4.79 Å². The molecule has 0 heterocycles. The molecule has 0 aliphatic carbocycles. The lowest BCUT2D eigenvalue weighted by Crippen LogP contribution is -2.37. The van der Waals surface area contributed by atoms with E-state index in [2.05, 4.69) is 21.2 Å². The molecule has 100 valence electrons. The van der Waals surface area contributed by atoms with Crippen LogP contribution in [-0.4, -0.2) is 30.4 Å². The molecule has 5 heteroatoms. The van der Waals surface area contributed by atoms with E-state index >= 15 is 0 Å². The van der Waals surface area contributed by atoms with Gasteiger partial charge in [-0.2, -0.15) is 0 Å². The van der Waals surface area contributed by atoms with Crippen LogP contribution in [0.15, 0.2) is 22.7 Å². The summed E-state index contributed by atoms with van der Waals surface area (Å²) in [6.07, 6.45) is 0. The molecule has 1 aromatic rings. The van der Waals surface area contributed by atoms with Crippen LogP contribution in [0.5, 0.6) is 0 Å². The van der Waals surface area contributed by atoms with Gasteiger partial charge in [0.2, 0.25) is 5.91 Å². The van der Waals surface area contributed by atoms with Gasteiger partial charge in [-0.1, -0.05) is 15.9 Å². The summed E-state index contributed by atoms with van der Waals surface area (Å²) in [5.74, 6) is -0.211. The van der Waals surface area contributed by atoms with E-state index < -0.39 is 0 Å². The third kappa shape index (κ3) is 4.38. The number of carbonyl (C=O) groups excluding carboxylic acids is 1. The fraction of sp³-hybridized carbons (Fsp3) is 0.462. The van der Waals surface area contributed by atoms with Crippen molar-refractivity contribution >= 4 is 21.8 Å².